The predicted molar refractivity (Wildman–Crippen MR) is 143 cm³/mol. The van der Waals surface area contributed by atoms with Crippen molar-refractivity contribution in [3.63, 3.8) is 0 Å². The Kier molecular flexibility index (Phi) is 10.3. The van der Waals surface area contributed by atoms with Crippen LogP contribution in [-0.2, 0) is 27.2 Å². The molecule has 0 bridgehead atoms. The van der Waals surface area contributed by atoms with Gasteiger partial charge in [-0.25, -0.2) is 0 Å². The third kappa shape index (κ3) is 7.54. The molecule has 0 radical (unpaired) electrons. The van der Waals surface area contributed by atoms with Crippen molar-refractivity contribution in [3.8, 4) is 0 Å². The van der Waals surface area contributed by atoms with Crippen molar-refractivity contribution in [2.75, 3.05) is 6.54 Å². The molecule has 1 N–H and O–H groups in total. The van der Waals surface area contributed by atoms with Gasteiger partial charge in [0.1, 0.15) is 12.1 Å². The number of benzene rings is 2. The minimum atomic E-state index is -0.743. The second-order valence-electron chi connectivity index (χ2n) is 9.67. The predicted octanol–water partition coefficient (Wildman–Crippen LogP) is 4.70. The number of amides is 3. The van der Waals surface area contributed by atoms with Crippen LogP contribution in [0.3, 0.4) is 0 Å². The summed E-state index contributed by atoms with van der Waals surface area (Å²) >= 11 is 0. The second-order valence-corrected chi connectivity index (χ2v) is 9.67. The van der Waals surface area contributed by atoms with E-state index >= 15 is 0 Å². The molecular weight excluding hydrogens is 450 g/mol. The van der Waals surface area contributed by atoms with Crippen molar-refractivity contribution < 1.29 is 14.4 Å². The zero-order valence-corrected chi connectivity index (χ0v) is 21.7. The number of carbonyl (C=O) groups is 3. The fraction of sp³-hybridized carbons (Fsp3) is 0.433. The highest BCUT2D eigenvalue weighted by atomic mass is 16.2. The van der Waals surface area contributed by atoms with Gasteiger partial charge in [-0.3, -0.25) is 14.4 Å². The molecule has 3 rings (SSSR count). The molecule has 192 valence electrons. The highest BCUT2D eigenvalue weighted by Gasteiger charge is 2.40. The summed E-state index contributed by atoms with van der Waals surface area (Å²) in [5, 5.41) is 2.82. The van der Waals surface area contributed by atoms with Gasteiger partial charge in [-0.1, -0.05) is 87.4 Å². The number of hydrogen-bond acceptors (Lipinski definition) is 3. The summed E-state index contributed by atoms with van der Waals surface area (Å²) in [4.78, 5) is 42.7. The van der Waals surface area contributed by atoms with E-state index in [0.29, 0.717) is 13.0 Å². The highest BCUT2D eigenvalue weighted by Crippen LogP contribution is 2.25. The monoisotopic (exact) mass is 489 g/mol. The largest absolute Gasteiger partial charge is 0.344 e. The van der Waals surface area contributed by atoms with Crippen LogP contribution in [0.15, 0.2) is 73.1 Å². The Morgan fingerprint density at radius 3 is 2.19 bits per heavy atom. The summed E-state index contributed by atoms with van der Waals surface area (Å²) in [6, 6.07) is 18.5. The van der Waals surface area contributed by atoms with Gasteiger partial charge in [0.15, 0.2) is 0 Å². The van der Waals surface area contributed by atoms with Gasteiger partial charge >= 0.3 is 0 Å². The summed E-state index contributed by atoms with van der Waals surface area (Å²) in [5.41, 5.74) is 2.20. The Morgan fingerprint density at radius 2 is 1.58 bits per heavy atom. The summed E-state index contributed by atoms with van der Waals surface area (Å²) in [6.07, 6.45) is 8.43. The van der Waals surface area contributed by atoms with Crippen LogP contribution in [0.2, 0.25) is 0 Å². The van der Waals surface area contributed by atoms with Crippen molar-refractivity contribution in [2.45, 2.75) is 71.4 Å². The van der Waals surface area contributed by atoms with Gasteiger partial charge in [0.05, 0.1) is 0 Å². The van der Waals surface area contributed by atoms with E-state index in [-0.39, 0.29) is 23.6 Å². The number of carbonyl (C=O) groups excluding carboxylic acids is 3. The van der Waals surface area contributed by atoms with Crippen molar-refractivity contribution >= 4 is 17.7 Å². The molecule has 2 aromatic carbocycles. The lowest BCUT2D eigenvalue weighted by molar-refractivity contribution is -0.147. The van der Waals surface area contributed by atoms with Gasteiger partial charge < -0.3 is 15.1 Å². The standard InChI is InChI=1S/C30H39N3O3/c1-4-5-13-23(2)28-30(36)32(19-12-18-25-14-8-6-9-15-25)20-21-33(28)29(35)27(31-24(3)34)22-26-16-10-7-11-17-26/h6-11,14-17,20-21,23,27-28H,4-5,12-13,18-19,22H2,1-3H3,(H,31,34)/t23-,27+,28+/m0/s1. The minimum absolute atomic E-state index is 0.00215. The van der Waals surface area contributed by atoms with Crippen LogP contribution in [0.1, 0.15) is 57.6 Å². The van der Waals surface area contributed by atoms with Gasteiger partial charge in [0, 0.05) is 32.3 Å². The lowest BCUT2D eigenvalue weighted by Gasteiger charge is -2.40. The van der Waals surface area contributed by atoms with Crippen molar-refractivity contribution in [3.05, 3.63) is 84.2 Å². The molecule has 2 aromatic rings. The van der Waals surface area contributed by atoms with E-state index in [2.05, 4.69) is 24.4 Å². The van der Waals surface area contributed by atoms with Crippen LogP contribution in [0, 0.1) is 5.92 Å². The molecule has 3 atom stereocenters. The quantitative estimate of drug-likeness (QED) is 0.470. The van der Waals surface area contributed by atoms with Gasteiger partial charge in [0.2, 0.25) is 17.7 Å². The third-order valence-corrected chi connectivity index (χ3v) is 6.72. The molecule has 6 nitrogen and oxygen atoms in total. The first-order chi connectivity index (χ1) is 17.4. The van der Waals surface area contributed by atoms with Crippen LogP contribution < -0.4 is 5.32 Å². The van der Waals surface area contributed by atoms with Crippen LogP contribution in [0.25, 0.3) is 0 Å². The van der Waals surface area contributed by atoms with Gasteiger partial charge in [-0.15, -0.1) is 0 Å². The molecule has 0 spiro atoms. The molecular formula is C30H39N3O3. The Morgan fingerprint density at radius 1 is 0.944 bits per heavy atom. The fourth-order valence-electron chi connectivity index (χ4n) is 4.78. The number of aryl methyl sites for hydroxylation is 1. The summed E-state index contributed by atoms with van der Waals surface area (Å²) < 4.78 is 0. The maximum absolute atomic E-state index is 13.8. The smallest absolute Gasteiger partial charge is 0.250 e. The van der Waals surface area contributed by atoms with Crippen LogP contribution in [0.4, 0.5) is 0 Å². The van der Waals surface area contributed by atoms with Crippen molar-refractivity contribution in [2.24, 2.45) is 5.92 Å². The van der Waals surface area contributed by atoms with E-state index < -0.39 is 12.1 Å². The molecule has 0 saturated heterocycles. The lowest BCUT2D eigenvalue weighted by Crippen LogP contribution is -2.58. The zero-order valence-electron chi connectivity index (χ0n) is 21.7. The molecule has 3 amide bonds. The molecule has 1 aliphatic rings. The number of nitrogens with zero attached hydrogens (tertiary/aromatic N) is 2. The Labute approximate surface area is 215 Å². The topological polar surface area (TPSA) is 69.7 Å². The summed E-state index contributed by atoms with van der Waals surface area (Å²) in [7, 11) is 0. The average molecular weight is 490 g/mol. The van der Waals surface area contributed by atoms with Crippen LogP contribution >= 0.6 is 0 Å². The number of hydrogen-bond donors (Lipinski definition) is 1. The minimum Gasteiger partial charge on any atom is -0.344 e. The molecule has 0 aromatic heterocycles. The van der Waals surface area contributed by atoms with Gasteiger partial charge in [0.25, 0.3) is 0 Å². The van der Waals surface area contributed by atoms with E-state index in [1.165, 1.54) is 12.5 Å². The number of unbranched alkanes of at least 4 members (excludes halogenated alkanes) is 1. The number of nitrogens with one attached hydrogen (secondary N) is 1. The summed E-state index contributed by atoms with van der Waals surface area (Å²) in [6.45, 7) is 6.19. The van der Waals surface area contributed by atoms with Gasteiger partial charge in [-0.2, -0.15) is 0 Å². The molecule has 36 heavy (non-hydrogen) atoms. The Hall–Kier alpha value is -3.41. The summed E-state index contributed by atoms with van der Waals surface area (Å²) in [5.74, 6) is -0.577. The van der Waals surface area contributed by atoms with Crippen molar-refractivity contribution in [1.29, 1.82) is 0 Å². The first kappa shape index (κ1) is 27.2. The van der Waals surface area contributed by atoms with E-state index in [1.54, 1.807) is 22.2 Å². The Balaban J connectivity index is 1.79. The molecule has 1 heterocycles. The second kappa shape index (κ2) is 13.6. The third-order valence-electron chi connectivity index (χ3n) is 6.72. The van der Waals surface area contributed by atoms with Crippen LogP contribution in [-0.4, -0.2) is 46.1 Å². The average Bonchev–Trinajstić information content (AvgIpc) is 2.88. The molecule has 6 heteroatoms. The molecule has 0 fully saturated rings. The molecule has 0 aliphatic carbocycles. The van der Waals surface area contributed by atoms with Crippen molar-refractivity contribution in [1.82, 2.24) is 15.1 Å². The molecule has 0 saturated carbocycles. The van der Waals surface area contributed by atoms with E-state index in [4.69, 9.17) is 0 Å². The lowest BCUT2D eigenvalue weighted by atomic mass is 9.91. The van der Waals surface area contributed by atoms with E-state index in [9.17, 15) is 14.4 Å². The first-order valence-corrected chi connectivity index (χ1v) is 13.1. The maximum atomic E-state index is 13.8. The fourth-order valence-corrected chi connectivity index (χ4v) is 4.78. The first-order valence-electron chi connectivity index (χ1n) is 13.1. The van der Waals surface area contributed by atoms with E-state index in [1.807, 2.05) is 55.5 Å². The van der Waals surface area contributed by atoms with E-state index in [0.717, 1.165) is 37.7 Å². The maximum Gasteiger partial charge on any atom is 0.250 e. The normalized spacial score (nSPS) is 17.1. The highest BCUT2D eigenvalue weighted by molar-refractivity contribution is 5.94. The number of rotatable bonds is 12. The Bertz CT molecular complexity index is 1020. The molecule has 1 aliphatic heterocycles. The molecule has 0 unspecified atom stereocenters. The zero-order chi connectivity index (χ0) is 25.9. The SMILES string of the molecule is CCCC[C@H](C)[C@@H]1C(=O)N(CCCc2ccccc2)C=CN1C(=O)[C@@H](Cc1ccccc1)NC(C)=O. The van der Waals surface area contributed by atoms with Crippen LogP contribution in [0.5, 0.6) is 0 Å². The van der Waals surface area contributed by atoms with Gasteiger partial charge in [-0.05, 0) is 36.3 Å².